The summed E-state index contributed by atoms with van der Waals surface area (Å²) in [5, 5.41) is 10.6. The third-order valence-corrected chi connectivity index (χ3v) is 2.97. The van der Waals surface area contributed by atoms with Gasteiger partial charge < -0.3 is 14.3 Å². The second-order valence-electron chi connectivity index (χ2n) is 4.39. The van der Waals surface area contributed by atoms with Crippen LogP contribution >= 0.6 is 0 Å². The van der Waals surface area contributed by atoms with Crippen molar-refractivity contribution >= 4 is 10.8 Å². The molecule has 0 bridgehead atoms. The molecule has 4 heteroatoms. The minimum atomic E-state index is -0.588. The molecule has 0 amide bonds. The first-order valence-corrected chi connectivity index (χ1v) is 6.16. The Morgan fingerprint density at radius 2 is 1.85 bits per heavy atom. The first kappa shape index (κ1) is 12.3. The third-order valence-electron chi connectivity index (χ3n) is 2.97. The van der Waals surface area contributed by atoms with Gasteiger partial charge in [-0.3, -0.25) is 0 Å². The number of hydrogen-bond donors (Lipinski definition) is 1. The van der Waals surface area contributed by atoms with Crippen LogP contribution in [0.3, 0.4) is 0 Å². The summed E-state index contributed by atoms with van der Waals surface area (Å²) in [6.45, 7) is 0.444. The van der Waals surface area contributed by atoms with Crippen molar-refractivity contribution in [3.63, 3.8) is 0 Å². The standard InChI is InChI=1S/C16H12O4/c17-15-9-12-8-13(6-7-14(12)16(18)20-15)19-10-11-4-2-1-3-5-11/h1-9,18H,10H2. The summed E-state index contributed by atoms with van der Waals surface area (Å²) in [6, 6.07) is 16.2. The summed E-state index contributed by atoms with van der Waals surface area (Å²) in [4.78, 5) is 11.2. The Balaban J connectivity index is 1.88. The molecule has 0 atom stereocenters. The zero-order valence-electron chi connectivity index (χ0n) is 10.6. The number of fused-ring (bicyclic) bond motifs is 1. The van der Waals surface area contributed by atoms with E-state index >= 15 is 0 Å². The SMILES string of the molecule is O=c1cc2cc(OCc3ccccc3)ccc2c(O)o1. The molecule has 1 heterocycles. The molecule has 100 valence electrons. The van der Waals surface area contributed by atoms with Crippen LogP contribution < -0.4 is 10.4 Å². The van der Waals surface area contributed by atoms with Crippen LogP contribution in [0.2, 0.25) is 0 Å². The highest BCUT2D eigenvalue weighted by Gasteiger charge is 2.05. The minimum absolute atomic E-state index is 0.373. The highest BCUT2D eigenvalue weighted by Crippen LogP contribution is 2.26. The predicted molar refractivity (Wildman–Crippen MR) is 74.9 cm³/mol. The first-order chi connectivity index (χ1) is 9.72. The molecule has 0 aliphatic rings. The normalized spacial score (nSPS) is 10.6. The molecule has 1 aromatic heterocycles. The van der Waals surface area contributed by atoms with Crippen molar-refractivity contribution in [2.45, 2.75) is 6.61 Å². The van der Waals surface area contributed by atoms with Crippen LogP contribution in [0.15, 0.2) is 63.8 Å². The van der Waals surface area contributed by atoms with E-state index in [0.29, 0.717) is 23.1 Å². The molecule has 0 spiro atoms. The van der Waals surface area contributed by atoms with Crippen molar-refractivity contribution < 1.29 is 14.3 Å². The number of aromatic hydroxyl groups is 1. The van der Waals surface area contributed by atoms with Gasteiger partial charge in [0.25, 0.3) is 5.95 Å². The minimum Gasteiger partial charge on any atom is -0.489 e. The Labute approximate surface area is 114 Å². The van der Waals surface area contributed by atoms with Crippen molar-refractivity contribution in [2.24, 2.45) is 0 Å². The Bertz CT molecular complexity index is 790. The average molecular weight is 268 g/mol. The smallest absolute Gasteiger partial charge is 0.339 e. The van der Waals surface area contributed by atoms with Crippen LogP contribution in [-0.2, 0) is 6.61 Å². The van der Waals surface area contributed by atoms with Crippen LogP contribution in [0, 0.1) is 0 Å². The Morgan fingerprint density at radius 3 is 2.65 bits per heavy atom. The fraction of sp³-hybridized carbons (Fsp3) is 0.0625. The molecule has 3 rings (SSSR count). The van der Waals surface area contributed by atoms with Crippen LogP contribution in [-0.4, -0.2) is 5.11 Å². The van der Waals surface area contributed by atoms with Gasteiger partial charge in [0.05, 0.1) is 5.39 Å². The highest BCUT2D eigenvalue weighted by atomic mass is 16.5. The molecular formula is C16H12O4. The maximum Gasteiger partial charge on any atom is 0.339 e. The summed E-state index contributed by atoms with van der Waals surface area (Å²) in [5.41, 5.74) is 0.471. The van der Waals surface area contributed by atoms with Gasteiger partial charge in [-0.25, -0.2) is 4.79 Å². The van der Waals surface area contributed by atoms with Crippen molar-refractivity contribution in [2.75, 3.05) is 0 Å². The molecule has 0 aliphatic carbocycles. The average Bonchev–Trinajstić information content (AvgIpc) is 2.45. The summed E-state index contributed by atoms with van der Waals surface area (Å²) in [7, 11) is 0. The molecule has 4 nitrogen and oxygen atoms in total. The molecule has 20 heavy (non-hydrogen) atoms. The largest absolute Gasteiger partial charge is 0.489 e. The van der Waals surface area contributed by atoms with Crippen molar-refractivity contribution in [3.8, 4) is 11.7 Å². The fourth-order valence-corrected chi connectivity index (χ4v) is 1.99. The summed E-state index contributed by atoms with van der Waals surface area (Å²) in [5.74, 6) is 0.258. The molecule has 2 aromatic carbocycles. The van der Waals surface area contributed by atoms with E-state index in [1.54, 1.807) is 18.2 Å². The fourth-order valence-electron chi connectivity index (χ4n) is 1.99. The van der Waals surface area contributed by atoms with Gasteiger partial charge in [0, 0.05) is 6.07 Å². The Morgan fingerprint density at radius 1 is 1.05 bits per heavy atom. The van der Waals surface area contributed by atoms with Crippen LogP contribution in [0.1, 0.15) is 5.56 Å². The second kappa shape index (κ2) is 5.09. The Kier molecular flexibility index (Phi) is 3.13. The van der Waals surface area contributed by atoms with E-state index in [0.717, 1.165) is 5.56 Å². The third kappa shape index (κ3) is 2.49. The topological polar surface area (TPSA) is 59.7 Å². The van der Waals surface area contributed by atoms with E-state index in [-0.39, 0.29) is 5.95 Å². The van der Waals surface area contributed by atoms with Crippen molar-refractivity contribution in [1.82, 2.24) is 0 Å². The van der Waals surface area contributed by atoms with E-state index in [1.165, 1.54) is 6.07 Å². The number of rotatable bonds is 3. The number of hydrogen-bond acceptors (Lipinski definition) is 4. The summed E-state index contributed by atoms with van der Waals surface area (Å²) >= 11 is 0. The van der Waals surface area contributed by atoms with Gasteiger partial charge in [0.1, 0.15) is 12.4 Å². The summed E-state index contributed by atoms with van der Waals surface area (Å²) in [6.07, 6.45) is 0. The molecule has 0 radical (unpaired) electrons. The van der Waals surface area contributed by atoms with Gasteiger partial charge in [0.15, 0.2) is 0 Å². The van der Waals surface area contributed by atoms with E-state index in [1.807, 2.05) is 30.3 Å². The lowest BCUT2D eigenvalue weighted by molar-refractivity contribution is 0.306. The van der Waals surface area contributed by atoms with Gasteiger partial charge in [-0.05, 0) is 29.1 Å². The monoisotopic (exact) mass is 268 g/mol. The van der Waals surface area contributed by atoms with Crippen molar-refractivity contribution in [3.05, 3.63) is 70.6 Å². The van der Waals surface area contributed by atoms with Crippen molar-refractivity contribution in [1.29, 1.82) is 0 Å². The quantitative estimate of drug-likeness (QED) is 0.793. The lowest BCUT2D eigenvalue weighted by Crippen LogP contribution is -1.97. The Hall–Kier alpha value is -2.75. The first-order valence-electron chi connectivity index (χ1n) is 6.16. The molecule has 0 saturated carbocycles. The van der Waals surface area contributed by atoms with Crippen LogP contribution in [0.25, 0.3) is 10.8 Å². The van der Waals surface area contributed by atoms with Gasteiger partial charge in [-0.15, -0.1) is 0 Å². The molecular weight excluding hydrogens is 256 g/mol. The molecule has 1 N–H and O–H groups in total. The number of benzene rings is 2. The van der Waals surface area contributed by atoms with Gasteiger partial charge >= 0.3 is 5.63 Å². The van der Waals surface area contributed by atoms with Crippen LogP contribution in [0.4, 0.5) is 0 Å². The zero-order chi connectivity index (χ0) is 13.9. The lowest BCUT2D eigenvalue weighted by atomic mass is 10.2. The van der Waals surface area contributed by atoms with Gasteiger partial charge in [0.2, 0.25) is 0 Å². The van der Waals surface area contributed by atoms with E-state index in [4.69, 9.17) is 4.74 Å². The zero-order valence-corrected chi connectivity index (χ0v) is 10.6. The highest BCUT2D eigenvalue weighted by molar-refractivity contribution is 5.86. The predicted octanol–water partition coefficient (Wildman–Crippen LogP) is 3.08. The van der Waals surface area contributed by atoms with E-state index in [9.17, 15) is 9.90 Å². The second-order valence-corrected chi connectivity index (χ2v) is 4.39. The molecule has 0 aliphatic heterocycles. The molecule has 3 aromatic rings. The number of ether oxygens (including phenoxy) is 1. The van der Waals surface area contributed by atoms with Gasteiger partial charge in [-0.2, -0.15) is 0 Å². The molecule has 0 fully saturated rings. The van der Waals surface area contributed by atoms with E-state index in [2.05, 4.69) is 4.42 Å². The van der Waals surface area contributed by atoms with E-state index < -0.39 is 5.63 Å². The van der Waals surface area contributed by atoms with Gasteiger partial charge in [-0.1, -0.05) is 30.3 Å². The maximum atomic E-state index is 11.2. The van der Waals surface area contributed by atoms with Crippen LogP contribution in [0.5, 0.6) is 11.7 Å². The molecule has 0 saturated heterocycles. The molecule has 0 unspecified atom stereocenters. The lowest BCUT2D eigenvalue weighted by Gasteiger charge is -2.07. The maximum absolute atomic E-state index is 11.2. The summed E-state index contributed by atoms with van der Waals surface area (Å²) < 4.78 is 10.3.